The van der Waals surface area contributed by atoms with Crippen LogP contribution in [0.15, 0.2) is 40.9 Å². The molecule has 2 aromatic rings. The van der Waals surface area contributed by atoms with E-state index in [4.69, 9.17) is 0 Å². The molecule has 0 heterocycles. The van der Waals surface area contributed by atoms with Gasteiger partial charge in [-0.2, -0.15) is 0 Å². The van der Waals surface area contributed by atoms with Gasteiger partial charge in [0.05, 0.1) is 0 Å². The molecule has 0 bridgehead atoms. The highest BCUT2D eigenvalue weighted by molar-refractivity contribution is 9.10. The molecule has 0 aromatic heterocycles. The maximum Gasteiger partial charge on any atom is 0.126 e. The molecule has 94 valence electrons. The van der Waals surface area contributed by atoms with E-state index in [1.165, 1.54) is 24.3 Å². The van der Waals surface area contributed by atoms with E-state index in [-0.39, 0.29) is 5.82 Å². The summed E-state index contributed by atoms with van der Waals surface area (Å²) in [5.74, 6) is -0.766. The van der Waals surface area contributed by atoms with Crippen molar-refractivity contribution in [3.8, 4) is 0 Å². The van der Waals surface area contributed by atoms with Crippen LogP contribution in [0.2, 0.25) is 0 Å². The lowest BCUT2D eigenvalue weighted by Crippen LogP contribution is -2.02. The van der Waals surface area contributed by atoms with Crippen molar-refractivity contribution in [1.82, 2.24) is 0 Å². The first-order chi connectivity index (χ1) is 8.49. The fourth-order valence-corrected chi connectivity index (χ4v) is 2.25. The van der Waals surface area contributed by atoms with E-state index < -0.39 is 11.9 Å². The summed E-state index contributed by atoms with van der Waals surface area (Å²) in [6.07, 6.45) is -0.991. The van der Waals surface area contributed by atoms with Crippen LogP contribution >= 0.6 is 15.9 Å². The van der Waals surface area contributed by atoms with Gasteiger partial charge in [-0.25, -0.2) is 8.78 Å². The van der Waals surface area contributed by atoms with Gasteiger partial charge in [-0.3, -0.25) is 0 Å². The zero-order valence-corrected chi connectivity index (χ0v) is 11.2. The molecule has 0 saturated heterocycles. The van der Waals surface area contributed by atoms with Crippen molar-refractivity contribution in [3.05, 3.63) is 69.2 Å². The Labute approximate surface area is 112 Å². The fraction of sp³-hybridized carbons (Fsp3) is 0.143. The SMILES string of the molecule is Cc1ccc(C(O)c2ccc(F)cc2Br)cc1F. The van der Waals surface area contributed by atoms with Crippen LogP contribution in [0.1, 0.15) is 22.8 Å². The van der Waals surface area contributed by atoms with E-state index in [1.54, 1.807) is 19.1 Å². The minimum absolute atomic E-state index is 0.371. The quantitative estimate of drug-likeness (QED) is 0.884. The molecule has 1 unspecified atom stereocenters. The highest BCUT2D eigenvalue weighted by atomic mass is 79.9. The number of hydrogen-bond donors (Lipinski definition) is 1. The maximum atomic E-state index is 13.4. The number of aryl methyl sites for hydroxylation is 1. The second kappa shape index (κ2) is 5.16. The largest absolute Gasteiger partial charge is 0.384 e. The Morgan fingerprint density at radius 3 is 2.44 bits per heavy atom. The Balaban J connectivity index is 2.41. The predicted molar refractivity (Wildman–Crippen MR) is 69.3 cm³/mol. The molecule has 2 aromatic carbocycles. The van der Waals surface area contributed by atoms with Gasteiger partial charge in [-0.1, -0.05) is 34.1 Å². The molecule has 1 nitrogen and oxygen atoms in total. The fourth-order valence-electron chi connectivity index (χ4n) is 1.68. The Bertz CT molecular complexity index is 584. The molecule has 0 fully saturated rings. The third-order valence-corrected chi connectivity index (χ3v) is 3.46. The number of aliphatic hydroxyl groups is 1. The van der Waals surface area contributed by atoms with Crippen molar-refractivity contribution in [3.63, 3.8) is 0 Å². The summed E-state index contributed by atoms with van der Waals surface area (Å²) in [5, 5.41) is 10.2. The molecule has 0 spiro atoms. The molecule has 18 heavy (non-hydrogen) atoms. The van der Waals surface area contributed by atoms with Gasteiger partial charge in [0.1, 0.15) is 17.7 Å². The average molecular weight is 313 g/mol. The molecule has 0 aliphatic heterocycles. The summed E-state index contributed by atoms with van der Waals surface area (Å²) in [7, 11) is 0. The second-order valence-electron chi connectivity index (χ2n) is 4.08. The molecular weight excluding hydrogens is 302 g/mol. The van der Waals surface area contributed by atoms with Crippen molar-refractivity contribution >= 4 is 15.9 Å². The van der Waals surface area contributed by atoms with Crippen LogP contribution in [0.25, 0.3) is 0 Å². The smallest absolute Gasteiger partial charge is 0.126 e. The van der Waals surface area contributed by atoms with Gasteiger partial charge < -0.3 is 5.11 Å². The first-order valence-corrected chi connectivity index (χ1v) is 6.17. The average Bonchev–Trinajstić information content (AvgIpc) is 2.32. The van der Waals surface area contributed by atoms with E-state index in [1.807, 2.05) is 0 Å². The van der Waals surface area contributed by atoms with E-state index in [2.05, 4.69) is 15.9 Å². The van der Waals surface area contributed by atoms with Gasteiger partial charge in [0, 0.05) is 4.47 Å². The molecule has 0 amide bonds. The monoisotopic (exact) mass is 312 g/mol. The van der Waals surface area contributed by atoms with Gasteiger partial charge in [-0.15, -0.1) is 0 Å². The minimum atomic E-state index is -0.991. The molecular formula is C14H11BrF2O. The van der Waals surface area contributed by atoms with Crippen molar-refractivity contribution < 1.29 is 13.9 Å². The minimum Gasteiger partial charge on any atom is -0.384 e. The predicted octanol–water partition coefficient (Wildman–Crippen LogP) is 4.12. The van der Waals surface area contributed by atoms with Crippen molar-refractivity contribution in [2.24, 2.45) is 0 Å². The number of halogens is 3. The number of aliphatic hydroxyl groups excluding tert-OH is 1. The molecule has 0 radical (unpaired) electrons. The zero-order chi connectivity index (χ0) is 13.3. The maximum absolute atomic E-state index is 13.4. The van der Waals surface area contributed by atoms with Gasteiger partial charge in [0.15, 0.2) is 0 Å². The van der Waals surface area contributed by atoms with E-state index in [0.717, 1.165) is 0 Å². The van der Waals surface area contributed by atoms with Crippen LogP contribution in [-0.2, 0) is 0 Å². The van der Waals surface area contributed by atoms with Gasteiger partial charge >= 0.3 is 0 Å². The lowest BCUT2D eigenvalue weighted by molar-refractivity contribution is 0.219. The topological polar surface area (TPSA) is 20.2 Å². The molecule has 0 aliphatic rings. The summed E-state index contributed by atoms with van der Waals surface area (Å²) < 4.78 is 26.9. The first-order valence-electron chi connectivity index (χ1n) is 5.38. The van der Waals surface area contributed by atoms with Gasteiger partial charge in [0.2, 0.25) is 0 Å². The van der Waals surface area contributed by atoms with Crippen LogP contribution in [0.4, 0.5) is 8.78 Å². The molecule has 0 aliphatic carbocycles. The lowest BCUT2D eigenvalue weighted by atomic mass is 10.0. The Morgan fingerprint density at radius 2 is 1.83 bits per heavy atom. The lowest BCUT2D eigenvalue weighted by Gasteiger charge is -2.14. The second-order valence-corrected chi connectivity index (χ2v) is 4.93. The van der Waals surface area contributed by atoms with E-state index in [0.29, 0.717) is 21.2 Å². The number of benzene rings is 2. The first kappa shape index (κ1) is 13.2. The molecule has 0 saturated carbocycles. The summed E-state index contributed by atoms with van der Waals surface area (Å²) in [6.45, 7) is 1.65. The normalized spacial score (nSPS) is 12.5. The Hall–Kier alpha value is -1.26. The summed E-state index contributed by atoms with van der Waals surface area (Å²) in [6, 6.07) is 8.54. The standard InChI is InChI=1S/C14H11BrF2O/c1-8-2-3-9(6-13(8)17)14(18)11-5-4-10(16)7-12(11)15/h2-7,14,18H,1H3. The van der Waals surface area contributed by atoms with Crippen LogP contribution in [-0.4, -0.2) is 5.11 Å². The highest BCUT2D eigenvalue weighted by Gasteiger charge is 2.15. The third kappa shape index (κ3) is 2.60. The van der Waals surface area contributed by atoms with Crippen LogP contribution < -0.4 is 0 Å². The van der Waals surface area contributed by atoms with Crippen molar-refractivity contribution in [2.75, 3.05) is 0 Å². The number of hydrogen-bond acceptors (Lipinski definition) is 1. The van der Waals surface area contributed by atoms with E-state index in [9.17, 15) is 13.9 Å². The van der Waals surface area contributed by atoms with E-state index >= 15 is 0 Å². The Kier molecular flexibility index (Phi) is 3.78. The van der Waals surface area contributed by atoms with Crippen molar-refractivity contribution in [2.45, 2.75) is 13.0 Å². The van der Waals surface area contributed by atoms with Gasteiger partial charge in [-0.05, 0) is 41.8 Å². The van der Waals surface area contributed by atoms with Crippen molar-refractivity contribution in [1.29, 1.82) is 0 Å². The third-order valence-electron chi connectivity index (χ3n) is 2.77. The summed E-state index contributed by atoms with van der Waals surface area (Å²) in [5.41, 5.74) is 1.45. The molecule has 1 N–H and O–H groups in total. The molecule has 4 heteroatoms. The Morgan fingerprint density at radius 1 is 1.11 bits per heavy atom. The number of rotatable bonds is 2. The van der Waals surface area contributed by atoms with Crippen LogP contribution in [0.5, 0.6) is 0 Å². The highest BCUT2D eigenvalue weighted by Crippen LogP contribution is 2.29. The molecule has 1 atom stereocenters. The van der Waals surface area contributed by atoms with Crippen LogP contribution in [0.3, 0.4) is 0 Å². The summed E-state index contributed by atoms with van der Waals surface area (Å²) >= 11 is 3.18. The van der Waals surface area contributed by atoms with Crippen LogP contribution in [0, 0.1) is 18.6 Å². The van der Waals surface area contributed by atoms with Gasteiger partial charge in [0.25, 0.3) is 0 Å². The summed E-state index contributed by atoms with van der Waals surface area (Å²) in [4.78, 5) is 0. The zero-order valence-electron chi connectivity index (χ0n) is 9.62. The molecule has 2 rings (SSSR count).